The lowest BCUT2D eigenvalue weighted by Crippen LogP contribution is -2.60. The number of piperidine rings is 3. The van der Waals surface area contributed by atoms with E-state index in [2.05, 4.69) is 41.0 Å². The van der Waals surface area contributed by atoms with Crippen molar-refractivity contribution in [3.8, 4) is 5.75 Å². The summed E-state index contributed by atoms with van der Waals surface area (Å²) >= 11 is 0. The molecular weight excluding hydrogens is 312 g/mol. The highest BCUT2D eigenvalue weighted by atomic mass is 16.5. The first-order valence-electron chi connectivity index (χ1n) is 10.0. The maximum absolute atomic E-state index is 5.80. The predicted molar refractivity (Wildman–Crippen MR) is 100 cm³/mol. The number of ether oxygens (including phenoxy) is 2. The Hall–Kier alpha value is -1.10. The first-order chi connectivity index (χ1) is 12.3. The Morgan fingerprint density at radius 2 is 1.80 bits per heavy atom. The van der Waals surface area contributed by atoms with Crippen molar-refractivity contribution >= 4 is 0 Å². The van der Waals surface area contributed by atoms with E-state index in [4.69, 9.17) is 9.47 Å². The maximum Gasteiger partial charge on any atom is 0.118 e. The minimum atomic E-state index is 0.616. The summed E-state index contributed by atoms with van der Waals surface area (Å²) in [5.74, 6) is 2.45. The van der Waals surface area contributed by atoms with Crippen LogP contribution in [0.2, 0.25) is 0 Å². The first kappa shape index (κ1) is 17.3. The third-order valence-electron chi connectivity index (χ3n) is 6.51. The molecule has 4 aliphatic heterocycles. The van der Waals surface area contributed by atoms with Crippen molar-refractivity contribution in [2.75, 3.05) is 46.5 Å². The zero-order chi connectivity index (χ0) is 17.2. The minimum Gasteiger partial charge on any atom is -0.497 e. The molecular formula is C21H32N2O2. The van der Waals surface area contributed by atoms with Gasteiger partial charge in [0.25, 0.3) is 0 Å². The second-order valence-electron chi connectivity index (χ2n) is 7.84. The molecule has 5 rings (SSSR count). The van der Waals surface area contributed by atoms with Crippen LogP contribution in [0.3, 0.4) is 0 Å². The minimum absolute atomic E-state index is 0.616. The number of hydrogen-bond donors (Lipinski definition) is 0. The van der Waals surface area contributed by atoms with Crippen molar-refractivity contribution in [2.45, 2.75) is 44.2 Å². The van der Waals surface area contributed by atoms with Gasteiger partial charge < -0.3 is 9.47 Å². The standard InChI is InChI=1S/C21H32N2O2/c1-3-13-25-14-12-23-15-19(16-4-6-18(24-2)7-5-16)21-20(23)17-8-10-22(21)11-9-17/h4-7,17,19-21H,3,8-15H2,1-2H3/t19-,20+,21+/m0/s1. The van der Waals surface area contributed by atoms with E-state index in [0.717, 1.165) is 43.9 Å². The van der Waals surface area contributed by atoms with Gasteiger partial charge in [0.2, 0.25) is 0 Å². The van der Waals surface area contributed by atoms with Crippen LogP contribution < -0.4 is 4.74 Å². The molecule has 138 valence electrons. The molecule has 25 heavy (non-hydrogen) atoms. The highest BCUT2D eigenvalue weighted by Gasteiger charge is 2.52. The van der Waals surface area contributed by atoms with E-state index >= 15 is 0 Å². The number of nitrogens with zero attached hydrogens (tertiary/aromatic N) is 2. The van der Waals surface area contributed by atoms with Gasteiger partial charge in [-0.25, -0.2) is 0 Å². The number of likely N-dealkylation sites (tertiary alicyclic amines) is 1. The van der Waals surface area contributed by atoms with Crippen LogP contribution in [0.1, 0.15) is 37.7 Å². The number of fused-ring (bicyclic) bond motifs is 2. The summed E-state index contributed by atoms with van der Waals surface area (Å²) in [6.07, 6.45) is 3.86. The monoisotopic (exact) mass is 344 g/mol. The van der Waals surface area contributed by atoms with Crippen LogP contribution in [-0.4, -0.2) is 68.4 Å². The largest absolute Gasteiger partial charge is 0.497 e. The third-order valence-corrected chi connectivity index (χ3v) is 6.51. The van der Waals surface area contributed by atoms with Gasteiger partial charge in [-0.2, -0.15) is 0 Å². The Balaban J connectivity index is 1.52. The van der Waals surface area contributed by atoms with E-state index in [1.54, 1.807) is 7.11 Å². The average molecular weight is 344 g/mol. The molecule has 0 amide bonds. The Morgan fingerprint density at radius 3 is 2.48 bits per heavy atom. The molecule has 0 N–H and O–H groups in total. The molecule has 0 radical (unpaired) electrons. The van der Waals surface area contributed by atoms with E-state index < -0.39 is 0 Å². The van der Waals surface area contributed by atoms with Gasteiger partial charge in [-0.3, -0.25) is 9.80 Å². The molecule has 4 saturated heterocycles. The van der Waals surface area contributed by atoms with E-state index in [9.17, 15) is 0 Å². The Morgan fingerprint density at radius 1 is 1.04 bits per heavy atom. The van der Waals surface area contributed by atoms with Crippen LogP contribution in [0.5, 0.6) is 5.75 Å². The maximum atomic E-state index is 5.80. The van der Waals surface area contributed by atoms with Gasteiger partial charge in [-0.05, 0) is 56.0 Å². The summed E-state index contributed by atoms with van der Waals surface area (Å²) in [6.45, 7) is 8.77. The summed E-state index contributed by atoms with van der Waals surface area (Å²) in [7, 11) is 1.74. The van der Waals surface area contributed by atoms with Gasteiger partial charge in [0.1, 0.15) is 5.75 Å². The van der Waals surface area contributed by atoms with E-state index in [1.807, 2.05) is 0 Å². The molecule has 4 nitrogen and oxygen atoms in total. The first-order valence-corrected chi connectivity index (χ1v) is 10.0. The zero-order valence-corrected chi connectivity index (χ0v) is 15.7. The number of methoxy groups -OCH3 is 1. The molecule has 1 aromatic carbocycles. The molecule has 2 bridgehead atoms. The molecule has 4 fully saturated rings. The van der Waals surface area contributed by atoms with Gasteiger partial charge in [0.05, 0.1) is 13.7 Å². The molecule has 0 saturated carbocycles. The van der Waals surface area contributed by atoms with Crippen LogP contribution in [0.25, 0.3) is 0 Å². The molecule has 4 aliphatic rings. The van der Waals surface area contributed by atoms with Crippen molar-refractivity contribution < 1.29 is 9.47 Å². The summed E-state index contributed by atoms with van der Waals surface area (Å²) in [5, 5.41) is 0. The highest BCUT2D eigenvalue weighted by Crippen LogP contribution is 2.46. The van der Waals surface area contributed by atoms with Crippen LogP contribution in [0.15, 0.2) is 24.3 Å². The predicted octanol–water partition coefficient (Wildman–Crippen LogP) is 2.98. The van der Waals surface area contributed by atoms with Crippen molar-refractivity contribution in [1.29, 1.82) is 0 Å². The molecule has 0 aromatic heterocycles. The van der Waals surface area contributed by atoms with E-state index in [0.29, 0.717) is 12.0 Å². The highest BCUT2D eigenvalue weighted by molar-refractivity contribution is 5.32. The van der Waals surface area contributed by atoms with E-state index in [1.165, 1.54) is 38.0 Å². The quantitative estimate of drug-likeness (QED) is 0.710. The lowest BCUT2D eigenvalue weighted by atomic mass is 9.75. The normalized spacial score (nSPS) is 34.2. The molecule has 0 unspecified atom stereocenters. The summed E-state index contributed by atoms with van der Waals surface area (Å²) < 4.78 is 11.2. The topological polar surface area (TPSA) is 24.9 Å². The van der Waals surface area contributed by atoms with Gasteiger partial charge in [0.15, 0.2) is 0 Å². The average Bonchev–Trinajstić information content (AvgIpc) is 3.08. The molecule has 3 atom stereocenters. The van der Waals surface area contributed by atoms with Gasteiger partial charge in [0, 0.05) is 37.7 Å². The van der Waals surface area contributed by atoms with Crippen LogP contribution in [0, 0.1) is 5.92 Å². The lowest BCUT2D eigenvalue weighted by Gasteiger charge is -2.51. The molecule has 4 heteroatoms. The second kappa shape index (κ2) is 7.65. The molecule has 0 aliphatic carbocycles. The lowest BCUT2D eigenvalue weighted by molar-refractivity contribution is -0.0138. The summed E-state index contributed by atoms with van der Waals surface area (Å²) in [5.41, 5.74) is 1.47. The third kappa shape index (κ3) is 3.32. The Labute approximate surface area is 152 Å². The van der Waals surface area contributed by atoms with Crippen molar-refractivity contribution in [3.05, 3.63) is 29.8 Å². The molecule has 0 spiro atoms. The van der Waals surface area contributed by atoms with Crippen molar-refractivity contribution in [1.82, 2.24) is 9.80 Å². The number of benzene rings is 1. The van der Waals surface area contributed by atoms with Crippen molar-refractivity contribution in [2.24, 2.45) is 5.92 Å². The van der Waals surface area contributed by atoms with Gasteiger partial charge in [-0.15, -0.1) is 0 Å². The Bertz CT molecular complexity index is 554. The molecule has 1 aromatic rings. The van der Waals surface area contributed by atoms with Crippen LogP contribution in [0.4, 0.5) is 0 Å². The van der Waals surface area contributed by atoms with E-state index in [-0.39, 0.29) is 0 Å². The number of hydrogen-bond acceptors (Lipinski definition) is 4. The fraction of sp³-hybridized carbons (Fsp3) is 0.714. The summed E-state index contributed by atoms with van der Waals surface area (Å²) in [6, 6.07) is 10.2. The van der Waals surface area contributed by atoms with Crippen molar-refractivity contribution in [3.63, 3.8) is 0 Å². The van der Waals surface area contributed by atoms with Gasteiger partial charge in [-0.1, -0.05) is 19.1 Å². The molecule has 4 heterocycles. The fourth-order valence-corrected chi connectivity index (χ4v) is 5.37. The van der Waals surface area contributed by atoms with Crippen LogP contribution in [-0.2, 0) is 4.74 Å². The number of rotatable bonds is 7. The smallest absolute Gasteiger partial charge is 0.118 e. The summed E-state index contributed by atoms with van der Waals surface area (Å²) in [4.78, 5) is 5.51. The second-order valence-corrected chi connectivity index (χ2v) is 7.84. The fourth-order valence-electron chi connectivity index (χ4n) is 5.37. The van der Waals surface area contributed by atoms with Crippen LogP contribution >= 0.6 is 0 Å². The zero-order valence-electron chi connectivity index (χ0n) is 15.7. The van der Waals surface area contributed by atoms with Gasteiger partial charge >= 0.3 is 0 Å². The Kier molecular flexibility index (Phi) is 5.30. The SMILES string of the molecule is CCCOCCN1C[C@@H](c2ccc(OC)cc2)[C@@H]2[C@H]1C1CCN2CC1.